The number of benzene rings is 3. The molecule has 0 aliphatic rings. The second kappa shape index (κ2) is 9.91. The standard InChI is InChI=1S/C30H21Cl2N3O/c1-19-15-23(20(2)35(19)27-16-24(31)13-14-26(27)32)18-34-30-25(17-33)28(21-9-5-3-6-10-21)29(36-30)22-11-7-4-8-12-22/h3-16,18H,1-2H3. The topological polar surface area (TPSA) is 54.2 Å². The van der Waals surface area contributed by atoms with Crippen LogP contribution in [0.1, 0.15) is 22.5 Å². The number of aryl methyl sites for hydroxylation is 1. The summed E-state index contributed by atoms with van der Waals surface area (Å²) in [5.74, 6) is 0.877. The first-order valence-corrected chi connectivity index (χ1v) is 12.1. The molecule has 5 aromatic rings. The van der Waals surface area contributed by atoms with E-state index in [0.717, 1.165) is 39.3 Å². The molecule has 0 saturated carbocycles. The maximum Gasteiger partial charge on any atom is 0.238 e. The first-order chi connectivity index (χ1) is 17.5. The van der Waals surface area contributed by atoms with Gasteiger partial charge in [0.2, 0.25) is 5.88 Å². The van der Waals surface area contributed by atoms with Gasteiger partial charge in [0.1, 0.15) is 17.4 Å². The molecular formula is C30H21Cl2N3O. The zero-order valence-corrected chi connectivity index (χ0v) is 21.2. The number of nitrogens with zero attached hydrogens (tertiary/aromatic N) is 3. The third kappa shape index (κ3) is 4.35. The zero-order valence-electron chi connectivity index (χ0n) is 19.7. The molecule has 0 radical (unpaired) electrons. The van der Waals surface area contributed by atoms with Gasteiger partial charge in [-0.3, -0.25) is 0 Å². The van der Waals surface area contributed by atoms with Crippen LogP contribution in [0.4, 0.5) is 5.88 Å². The van der Waals surface area contributed by atoms with E-state index >= 15 is 0 Å². The molecule has 36 heavy (non-hydrogen) atoms. The number of halogens is 2. The van der Waals surface area contributed by atoms with Crippen molar-refractivity contribution in [2.24, 2.45) is 4.99 Å². The molecule has 0 aliphatic heterocycles. The van der Waals surface area contributed by atoms with Crippen molar-refractivity contribution in [3.05, 3.63) is 117 Å². The smallest absolute Gasteiger partial charge is 0.238 e. The molecule has 2 heterocycles. The van der Waals surface area contributed by atoms with Crippen molar-refractivity contribution in [1.29, 1.82) is 5.26 Å². The number of hydrogen-bond acceptors (Lipinski definition) is 3. The molecule has 0 unspecified atom stereocenters. The summed E-state index contributed by atoms with van der Waals surface area (Å²) in [6.07, 6.45) is 1.72. The normalized spacial score (nSPS) is 11.2. The average molecular weight is 510 g/mol. The van der Waals surface area contributed by atoms with Gasteiger partial charge < -0.3 is 8.98 Å². The summed E-state index contributed by atoms with van der Waals surface area (Å²) < 4.78 is 8.27. The lowest BCUT2D eigenvalue weighted by Gasteiger charge is -2.12. The molecule has 5 rings (SSSR count). The molecule has 176 valence electrons. The lowest BCUT2D eigenvalue weighted by atomic mass is 9.98. The highest BCUT2D eigenvalue weighted by Crippen LogP contribution is 2.42. The van der Waals surface area contributed by atoms with Gasteiger partial charge in [0.05, 0.1) is 10.7 Å². The number of nitriles is 1. The second-order valence-electron chi connectivity index (χ2n) is 8.35. The Balaban J connectivity index is 1.63. The van der Waals surface area contributed by atoms with E-state index in [1.165, 1.54) is 0 Å². The molecule has 0 aliphatic carbocycles. The van der Waals surface area contributed by atoms with Crippen LogP contribution in [-0.4, -0.2) is 10.8 Å². The zero-order chi connectivity index (χ0) is 25.2. The summed E-state index contributed by atoms with van der Waals surface area (Å²) in [5.41, 5.74) is 6.49. The second-order valence-corrected chi connectivity index (χ2v) is 9.19. The van der Waals surface area contributed by atoms with Crippen LogP contribution >= 0.6 is 23.2 Å². The summed E-state index contributed by atoms with van der Waals surface area (Å²) in [6.45, 7) is 3.99. The molecule has 0 atom stereocenters. The van der Waals surface area contributed by atoms with Crippen molar-refractivity contribution in [3.63, 3.8) is 0 Å². The minimum Gasteiger partial charge on any atom is -0.436 e. The van der Waals surface area contributed by atoms with E-state index in [-0.39, 0.29) is 5.88 Å². The average Bonchev–Trinajstić information content (AvgIpc) is 3.41. The van der Waals surface area contributed by atoms with E-state index in [4.69, 9.17) is 27.6 Å². The first-order valence-electron chi connectivity index (χ1n) is 11.3. The summed E-state index contributed by atoms with van der Waals surface area (Å²) in [4.78, 5) is 4.64. The van der Waals surface area contributed by atoms with Gasteiger partial charge in [-0.05, 0) is 43.7 Å². The van der Waals surface area contributed by atoms with Crippen LogP contribution in [0.5, 0.6) is 0 Å². The quantitative estimate of drug-likeness (QED) is 0.222. The minimum absolute atomic E-state index is 0.265. The van der Waals surface area contributed by atoms with Crippen molar-refractivity contribution >= 4 is 35.3 Å². The Morgan fingerprint density at radius 1 is 0.889 bits per heavy atom. The van der Waals surface area contributed by atoms with E-state index in [9.17, 15) is 5.26 Å². The lowest BCUT2D eigenvalue weighted by molar-refractivity contribution is 0.593. The summed E-state index contributed by atoms with van der Waals surface area (Å²) in [7, 11) is 0. The van der Waals surface area contributed by atoms with E-state index in [1.54, 1.807) is 18.3 Å². The van der Waals surface area contributed by atoms with Crippen LogP contribution in [0.25, 0.3) is 28.1 Å². The molecule has 0 bridgehead atoms. The van der Waals surface area contributed by atoms with Crippen molar-refractivity contribution in [3.8, 4) is 34.2 Å². The summed E-state index contributed by atoms with van der Waals surface area (Å²) >= 11 is 12.7. The van der Waals surface area contributed by atoms with Crippen LogP contribution in [0.2, 0.25) is 10.0 Å². The SMILES string of the molecule is Cc1cc(C=Nc2oc(-c3ccccc3)c(-c3ccccc3)c2C#N)c(C)n1-c1cc(Cl)ccc1Cl. The van der Waals surface area contributed by atoms with Gasteiger partial charge in [0.15, 0.2) is 0 Å². The highest BCUT2D eigenvalue weighted by atomic mass is 35.5. The van der Waals surface area contributed by atoms with Crippen LogP contribution in [0.3, 0.4) is 0 Å². The van der Waals surface area contributed by atoms with Gasteiger partial charge in [-0.2, -0.15) is 5.26 Å². The van der Waals surface area contributed by atoms with Gasteiger partial charge >= 0.3 is 0 Å². The Hall–Kier alpha value is -4.04. The summed E-state index contributed by atoms with van der Waals surface area (Å²) in [6, 6.07) is 29.2. The Bertz CT molecular complexity index is 1620. The Kier molecular flexibility index (Phi) is 6.52. The first kappa shape index (κ1) is 23.7. The third-order valence-electron chi connectivity index (χ3n) is 6.04. The molecule has 0 amide bonds. The predicted octanol–water partition coefficient (Wildman–Crippen LogP) is 8.95. The van der Waals surface area contributed by atoms with Gasteiger partial charge in [0.25, 0.3) is 0 Å². The van der Waals surface area contributed by atoms with Crippen molar-refractivity contribution in [1.82, 2.24) is 4.57 Å². The van der Waals surface area contributed by atoms with Crippen molar-refractivity contribution in [2.45, 2.75) is 13.8 Å². The van der Waals surface area contributed by atoms with Gasteiger partial charge in [-0.1, -0.05) is 83.9 Å². The highest BCUT2D eigenvalue weighted by molar-refractivity contribution is 6.34. The predicted molar refractivity (Wildman–Crippen MR) is 147 cm³/mol. The van der Waals surface area contributed by atoms with Gasteiger partial charge in [0, 0.05) is 39.3 Å². The number of furan rings is 1. The fourth-order valence-electron chi connectivity index (χ4n) is 4.36. The molecule has 0 spiro atoms. The van der Waals surface area contributed by atoms with Gasteiger partial charge in [-0.15, -0.1) is 0 Å². The fraction of sp³-hybridized carbons (Fsp3) is 0.0667. The lowest BCUT2D eigenvalue weighted by Crippen LogP contribution is -2.00. The maximum atomic E-state index is 10.1. The fourth-order valence-corrected chi connectivity index (χ4v) is 4.73. The van der Waals surface area contributed by atoms with E-state index in [0.29, 0.717) is 21.4 Å². The largest absolute Gasteiger partial charge is 0.436 e. The van der Waals surface area contributed by atoms with E-state index in [1.807, 2.05) is 91.2 Å². The van der Waals surface area contributed by atoms with E-state index in [2.05, 4.69) is 11.1 Å². The Labute approximate surface area is 219 Å². The third-order valence-corrected chi connectivity index (χ3v) is 6.59. The Morgan fingerprint density at radius 3 is 2.22 bits per heavy atom. The molecular weight excluding hydrogens is 489 g/mol. The molecule has 0 N–H and O–H groups in total. The van der Waals surface area contributed by atoms with E-state index < -0.39 is 0 Å². The number of aliphatic imine (C=N–C) groups is 1. The molecule has 6 heteroatoms. The van der Waals surface area contributed by atoms with Crippen LogP contribution in [0.15, 0.2) is 94.3 Å². The highest BCUT2D eigenvalue weighted by Gasteiger charge is 2.23. The van der Waals surface area contributed by atoms with Crippen LogP contribution < -0.4 is 0 Å². The number of hydrogen-bond donors (Lipinski definition) is 0. The molecule has 2 aromatic heterocycles. The molecule has 3 aromatic carbocycles. The molecule has 0 fully saturated rings. The minimum atomic E-state index is 0.265. The molecule has 4 nitrogen and oxygen atoms in total. The van der Waals surface area contributed by atoms with Crippen molar-refractivity contribution in [2.75, 3.05) is 0 Å². The monoisotopic (exact) mass is 509 g/mol. The van der Waals surface area contributed by atoms with Crippen LogP contribution in [-0.2, 0) is 0 Å². The van der Waals surface area contributed by atoms with Gasteiger partial charge in [-0.25, -0.2) is 4.99 Å². The number of aromatic nitrogens is 1. The maximum absolute atomic E-state index is 10.1. The molecule has 0 saturated heterocycles. The number of rotatable bonds is 5. The summed E-state index contributed by atoms with van der Waals surface area (Å²) in [5, 5.41) is 11.3. The van der Waals surface area contributed by atoms with Crippen LogP contribution in [0, 0.1) is 25.2 Å². The Morgan fingerprint density at radius 2 is 1.56 bits per heavy atom. The van der Waals surface area contributed by atoms with Crippen molar-refractivity contribution < 1.29 is 4.42 Å².